The molecule has 0 radical (unpaired) electrons. The van der Waals surface area contributed by atoms with Crippen LogP contribution in [-0.2, 0) is 9.47 Å². The summed E-state index contributed by atoms with van der Waals surface area (Å²) in [5.74, 6) is -0.0719. The molecule has 1 aliphatic rings. The number of nitrogen functional groups attached to an aromatic ring is 1. The van der Waals surface area contributed by atoms with Crippen molar-refractivity contribution in [2.24, 2.45) is 0 Å². The largest absolute Gasteiger partial charge is 0.376 e. The predicted octanol–water partition coefficient (Wildman–Crippen LogP) is 1.89. The number of imidazole rings is 1. The molecule has 5 heterocycles. The van der Waals surface area contributed by atoms with Crippen LogP contribution >= 0.6 is 0 Å². The van der Waals surface area contributed by atoms with Crippen LogP contribution in [0.3, 0.4) is 0 Å². The lowest BCUT2D eigenvalue weighted by Crippen LogP contribution is -2.39. The second-order valence-corrected chi connectivity index (χ2v) is 7.70. The fourth-order valence-electron chi connectivity index (χ4n) is 3.75. The van der Waals surface area contributed by atoms with Gasteiger partial charge >= 0.3 is 0 Å². The van der Waals surface area contributed by atoms with E-state index in [4.69, 9.17) is 20.2 Å². The second kappa shape index (κ2) is 8.93. The first kappa shape index (κ1) is 21.0. The molecule has 168 valence electrons. The minimum absolute atomic E-state index is 0.147. The average Bonchev–Trinajstić information content (AvgIpc) is 3.22. The molecule has 1 aliphatic heterocycles. The molecule has 0 spiro atoms. The molecule has 10 nitrogen and oxygen atoms in total. The Morgan fingerprint density at radius 2 is 2.06 bits per heavy atom. The summed E-state index contributed by atoms with van der Waals surface area (Å²) in [7, 11) is 0. The molecule has 0 saturated carbocycles. The van der Waals surface area contributed by atoms with Crippen LogP contribution in [0.25, 0.3) is 28.4 Å². The van der Waals surface area contributed by atoms with Crippen molar-refractivity contribution in [3.8, 4) is 22.8 Å². The van der Waals surface area contributed by atoms with Crippen LogP contribution in [0.1, 0.15) is 16.1 Å². The fraction of sp³-hybridized carbons (Fsp3) is 0.261. The van der Waals surface area contributed by atoms with E-state index in [1.807, 2.05) is 29.5 Å². The van der Waals surface area contributed by atoms with Gasteiger partial charge in [0, 0.05) is 24.6 Å². The molecule has 10 heteroatoms. The normalized spacial score (nSPS) is 16.1. The quantitative estimate of drug-likeness (QED) is 0.476. The maximum Gasteiger partial charge on any atom is 0.252 e. The van der Waals surface area contributed by atoms with Gasteiger partial charge in [-0.1, -0.05) is 6.07 Å². The molecule has 1 saturated heterocycles. The Morgan fingerprint density at radius 3 is 2.85 bits per heavy atom. The highest BCUT2D eigenvalue weighted by atomic mass is 16.6. The number of rotatable bonds is 5. The Hall–Kier alpha value is -3.89. The van der Waals surface area contributed by atoms with E-state index in [2.05, 4.69) is 20.3 Å². The highest BCUT2D eigenvalue weighted by Crippen LogP contribution is 2.31. The number of fused-ring (bicyclic) bond motifs is 1. The van der Waals surface area contributed by atoms with Gasteiger partial charge in [0.05, 0.1) is 42.9 Å². The minimum Gasteiger partial charge on any atom is -0.376 e. The first-order chi connectivity index (χ1) is 16.1. The number of ether oxygens (including phenoxy) is 2. The number of nitrogens with one attached hydrogen (secondary N) is 1. The van der Waals surface area contributed by atoms with Crippen LogP contribution in [0.4, 0.5) is 5.95 Å². The molecular weight excluding hydrogens is 422 g/mol. The number of carbonyl (C=O) groups is 1. The number of nitrogens with two attached hydrogens (primary N) is 1. The highest BCUT2D eigenvalue weighted by Gasteiger charge is 2.21. The molecule has 4 aromatic rings. The molecule has 0 bridgehead atoms. The van der Waals surface area contributed by atoms with E-state index in [9.17, 15) is 4.79 Å². The van der Waals surface area contributed by atoms with Gasteiger partial charge in [-0.05, 0) is 37.3 Å². The molecule has 33 heavy (non-hydrogen) atoms. The lowest BCUT2D eigenvalue weighted by Gasteiger charge is -2.23. The van der Waals surface area contributed by atoms with E-state index in [1.54, 1.807) is 30.6 Å². The van der Waals surface area contributed by atoms with Crippen LogP contribution in [0.15, 0.2) is 48.8 Å². The molecule has 1 unspecified atom stereocenters. The van der Waals surface area contributed by atoms with Crippen molar-refractivity contribution < 1.29 is 14.3 Å². The van der Waals surface area contributed by atoms with Crippen molar-refractivity contribution >= 4 is 17.5 Å². The summed E-state index contributed by atoms with van der Waals surface area (Å²) in [5.41, 5.74) is 10.5. The molecule has 0 aromatic carbocycles. The Morgan fingerprint density at radius 1 is 1.15 bits per heavy atom. The zero-order chi connectivity index (χ0) is 22.8. The predicted molar refractivity (Wildman–Crippen MR) is 121 cm³/mol. The maximum atomic E-state index is 12.9. The Bertz CT molecular complexity index is 1310. The van der Waals surface area contributed by atoms with E-state index in [1.165, 1.54) is 0 Å². The molecule has 0 aliphatic carbocycles. The third-order valence-electron chi connectivity index (χ3n) is 5.30. The van der Waals surface area contributed by atoms with E-state index >= 15 is 0 Å². The number of carbonyl (C=O) groups excluding carboxylic acids is 1. The van der Waals surface area contributed by atoms with Crippen molar-refractivity contribution in [3.05, 3.63) is 60.0 Å². The average molecular weight is 445 g/mol. The Labute approximate surface area is 189 Å². The molecule has 3 N–H and O–H groups in total. The van der Waals surface area contributed by atoms with Gasteiger partial charge in [-0.3, -0.25) is 14.2 Å². The SMILES string of the molecule is Cc1cccc(-c2nc3ccc(C(=O)NCC4COCCO4)cn3c2-c2ccnc(N)n2)n1. The summed E-state index contributed by atoms with van der Waals surface area (Å²) in [6.45, 7) is 3.87. The maximum absolute atomic E-state index is 12.9. The van der Waals surface area contributed by atoms with Crippen LogP contribution in [0.2, 0.25) is 0 Å². The number of aromatic nitrogens is 5. The standard InChI is InChI=1S/C23H23N7O3/c1-14-3-2-4-17(27-14)20-21(18-7-8-25-23(24)28-18)30-12-15(5-6-19(30)29-20)22(31)26-11-16-13-32-9-10-33-16/h2-8,12,16H,9-11,13H2,1H3,(H,26,31)(H2,24,25,28). The van der Waals surface area contributed by atoms with Gasteiger partial charge < -0.3 is 20.5 Å². The van der Waals surface area contributed by atoms with Crippen LogP contribution in [-0.4, -0.2) is 62.7 Å². The summed E-state index contributed by atoms with van der Waals surface area (Å²) in [6, 6.07) is 11.0. The van der Waals surface area contributed by atoms with Crippen molar-refractivity contribution in [2.75, 3.05) is 32.1 Å². The first-order valence-corrected chi connectivity index (χ1v) is 10.6. The smallest absolute Gasteiger partial charge is 0.252 e. The Balaban J connectivity index is 1.56. The van der Waals surface area contributed by atoms with Gasteiger partial charge in [-0.2, -0.15) is 0 Å². The molecular formula is C23H23N7O3. The third-order valence-corrected chi connectivity index (χ3v) is 5.30. The first-order valence-electron chi connectivity index (χ1n) is 10.6. The zero-order valence-corrected chi connectivity index (χ0v) is 18.1. The highest BCUT2D eigenvalue weighted by molar-refractivity contribution is 5.94. The van der Waals surface area contributed by atoms with Gasteiger partial charge in [0.15, 0.2) is 0 Å². The van der Waals surface area contributed by atoms with E-state index < -0.39 is 0 Å². The van der Waals surface area contributed by atoms with Gasteiger partial charge in [0.2, 0.25) is 5.95 Å². The van der Waals surface area contributed by atoms with Crippen molar-refractivity contribution in [1.29, 1.82) is 0 Å². The van der Waals surface area contributed by atoms with Crippen molar-refractivity contribution in [3.63, 3.8) is 0 Å². The van der Waals surface area contributed by atoms with Gasteiger partial charge in [0.25, 0.3) is 5.91 Å². The summed E-state index contributed by atoms with van der Waals surface area (Å²) in [6.07, 6.45) is 3.18. The molecule has 1 atom stereocenters. The topological polar surface area (TPSA) is 130 Å². The number of nitrogens with zero attached hydrogens (tertiary/aromatic N) is 5. The Kier molecular flexibility index (Phi) is 5.68. The number of anilines is 1. The molecule has 5 rings (SSSR count). The number of amides is 1. The number of pyridine rings is 2. The van der Waals surface area contributed by atoms with Gasteiger partial charge in [-0.25, -0.2) is 15.0 Å². The van der Waals surface area contributed by atoms with Gasteiger partial charge in [0.1, 0.15) is 17.0 Å². The minimum atomic E-state index is -0.219. The second-order valence-electron chi connectivity index (χ2n) is 7.70. The molecule has 4 aromatic heterocycles. The van der Waals surface area contributed by atoms with Crippen LogP contribution < -0.4 is 11.1 Å². The monoisotopic (exact) mass is 445 g/mol. The summed E-state index contributed by atoms with van der Waals surface area (Å²) >= 11 is 0. The van der Waals surface area contributed by atoms with Crippen LogP contribution in [0, 0.1) is 6.92 Å². The number of hydrogen-bond acceptors (Lipinski definition) is 8. The molecule has 1 amide bonds. The number of aryl methyl sites for hydroxylation is 1. The van der Waals surface area contributed by atoms with E-state index in [0.717, 1.165) is 5.69 Å². The molecule has 1 fully saturated rings. The zero-order valence-electron chi connectivity index (χ0n) is 18.1. The summed E-state index contributed by atoms with van der Waals surface area (Å²) in [5, 5.41) is 2.91. The van der Waals surface area contributed by atoms with Crippen LogP contribution in [0.5, 0.6) is 0 Å². The van der Waals surface area contributed by atoms with E-state index in [-0.39, 0.29) is 18.0 Å². The third kappa shape index (κ3) is 4.38. The summed E-state index contributed by atoms with van der Waals surface area (Å²) in [4.78, 5) is 30.7. The van der Waals surface area contributed by atoms with Gasteiger partial charge in [-0.15, -0.1) is 0 Å². The number of hydrogen-bond donors (Lipinski definition) is 2. The lowest BCUT2D eigenvalue weighted by molar-refractivity contribution is -0.0855. The van der Waals surface area contributed by atoms with E-state index in [0.29, 0.717) is 60.4 Å². The van der Waals surface area contributed by atoms with Crippen molar-refractivity contribution in [2.45, 2.75) is 13.0 Å². The lowest BCUT2D eigenvalue weighted by atomic mass is 10.1. The fourth-order valence-corrected chi connectivity index (χ4v) is 3.75. The van der Waals surface area contributed by atoms with Crippen molar-refractivity contribution in [1.82, 2.24) is 29.7 Å². The summed E-state index contributed by atoms with van der Waals surface area (Å²) < 4.78 is 12.8.